The van der Waals surface area contributed by atoms with Gasteiger partial charge in [-0.05, 0) is 15.9 Å². The number of nitrogens with one attached hydrogen (secondary N) is 1. The normalized spacial score (nSPS) is 10.4. The van der Waals surface area contributed by atoms with Crippen LogP contribution in [0.25, 0.3) is 0 Å². The van der Waals surface area contributed by atoms with Crippen molar-refractivity contribution in [3.8, 4) is 11.5 Å². The van der Waals surface area contributed by atoms with Gasteiger partial charge in [0.2, 0.25) is 0 Å². The summed E-state index contributed by atoms with van der Waals surface area (Å²) >= 11 is 3.04. The van der Waals surface area contributed by atoms with Gasteiger partial charge in [0.1, 0.15) is 5.82 Å². The first kappa shape index (κ1) is 12.2. The molecule has 0 saturated heterocycles. The molecule has 0 bridgehead atoms. The molecule has 15 heavy (non-hydrogen) atoms. The van der Waals surface area contributed by atoms with Crippen LogP contribution in [0.15, 0.2) is 10.5 Å². The molecule has 0 spiro atoms. The van der Waals surface area contributed by atoms with Crippen molar-refractivity contribution in [2.45, 2.75) is 6.54 Å². The van der Waals surface area contributed by atoms with Crippen molar-refractivity contribution in [3.05, 3.63) is 21.9 Å². The molecule has 0 fully saturated rings. The number of phenols is 1. The second kappa shape index (κ2) is 5.29. The van der Waals surface area contributed by atoms with Crippen molar-refractivity contribution >= 4 is 15.9 Å². The number of ether oxygens (including phenoxy) is 1. The first-order valence-corrected chi connectivity index (χ1v) is 4.90. The maximum atomic E-state index is 13.3. The Hall–Kier alpha value is -0.850. The standard InChI is InChI=1S/C9H11BrFNO3/c1-14-7-3-6(11)8(10)5(9(7)13)4-12-15-2/h3,12-13H,4H2,1-2H3. The Bertz CT molecular complexity index is 360. The summed E-state index contributed by atoms with van der Waals surface area (Å²) in [6.07, 6.45) is 0. The Morgan fingerprint density at radius 2 is 2.20 bits per heavy atom. The van der Waals surface area contributed by atoms with Crippen LogP contribution >= 0.6 is 15.9 Å². The largest absolute Gasteiger partial charge is 0.504 e. The molecular weight excluding hydrogens is 269 g/mol. The first-order valence-electron chi connectivity index (χ1n) is 4.11. The number of hydroxylamine groups is 1. The summed E-state index contributed by atoms with van der Waals surface area (Å²) < 4.78 is 18.3. The van der Waals surface area contributed by atoms with E-state index in [2.05, 4.69) is 26.2 Å². The highest BCUT2D eigenvalue weighted by molar-refractivity contribution is 9.10. The van der Waals surface area contributed by atoms with E-state index in [0.717, 1.165) is 6.07 Å². The number of hydrogen-bond donors (Lipinski definition) is 2. The van der Waals surface area contributed by atoms with Crippen LogP contribution in [-0.2, 0) is 11.4 Å². The third kappa shape index (κ3) is 2.58. The van der Waals surface area contributed by atoms with E-state index in [4.69, 9.17) is 4.74 Å². The average molecular weight is 280 g/mol. The lowest BCUT2D eigenvalue weighted by molar-refractivity contribution is 0.0858. The van der Waals surface area contributed by atoms with Gasteiger partial charge < -0.3 is 14.7 Å². The zero-order valence-corrected chi connectivity index (χ0v) is 9.89. The Kier molecular flexibility index (Phi) is 4.31. The van der Waals surface area contributed by atoms with Gasteiger partial charge in [0.15, 0.2) is 11.5 Å². The molecule has 0 radical (unpaired) electrons. The van der Waals surface area contributed by atoms with Gasteiger partial charge in [-0.25, -0.2) is 4.39 Å². The predicted molar refractivity (Wildman–Crippen MR) is 56.2 cm³/mol. The molecule has 0 atom stereocenters. The second-order valence-electron chi connectivity index (χ2n) is 2.73. The molecule has 2 N–H and O–H groups in total. The molecule has 1 aromatic carbocycles. The van der Waals surface area contributed by atoms with Crippen molar-refractivity contribution in [1.82, 2.24) is 5.48 Å². The van der Waals surface area contributed by atoms with Crippen molar-refractivity contribution in [2.75, 3.05) is 14.2 Å². The van der Waals surface area contributed by atoms with Gasteiger partial charge in [0.05, 0.1) is 25.2 Å². The summed E-state index contributed by atoms with van der Waals surface area (Å²) in [5, 5.41) is 9.70. The molecule has 0 unspecified atom stereocenters. The zero-order chi connectivity index (χ0) is 11.4. The van der Waals surface area contributed by atoms with E-state index in [1.807, 2.05) is 0 Å². The summed E-state index contributed by atoms with van der Waals surface area (Å²) in [6.45, 7) is 0.164. The number of benzene rings is 1. The van der Waals surface area contributed by atoms with Crippen molar-refractivity contribution in [3.63, 3.8) is 0 Å². The molecule has 6 heteroatoms. The lowest BCUT2D eigenvalue weighted by atomic mass is 10.2. The molecule has 0 aliphatic carbocycles. The topological polar surface area (TPSA) is 50.7 Å². The molecule has 1 aromatic rings. The van der Waals surface area contributed by atoms with E-state index >= 15 is 0 Å². The minimum atomic E-state index is -0.502. The highest BCUT2D eigenvalue weighted by atomic mass is 79.9. The highest BCUT2D eigenvalue weighted by Gasteiger charge is 2.16. The van der Waals surface area contributed by atoms with Crippen LogP contribution in [-0.4, -0.2) is 19.3 Å². The molecule has 0 heterocycles. The summed E-state index contributed by atoms with van der Waals surface area (Å²) in [7, 11) is 2.79. The van der Waals surface area contributed by atoms with Crippen molar-refractivity contribution in [1.29, 1.82) is 0 Å². The minimum absolute atomic E-state index is 0.0867. The summed E-state index contributed by atoms with van der Waals surface area (Å²) in [5.41, 5.74) is 2.85. The first-order chi connectivity index (χ1) is 7.11. The summed E-state index contributed by atoms with van der Waals surface area (Å²) in [6, 6.07) is 1.11. The Labute approximate surface area is 95.1 Å². The lowest BCUT2D eigenvalue weighted by Crippen LogP contribution is -2.12. The van der Waals surface area contributed by atoms with Gasteiger partial charge in [-0.2, -0.15) is 5.48 Å². The predicted octanol–water partition coefficient (Wildman–Crippen LogP) is 1.95. The Morgan fingerprint density at radius 1 is 1.53 bits per heavy atom. The quantitative estimate of drug-likeness (QED) is 0.828. The molecule has 0 saturated carbocycles. The van der Waals surface area contributed by atoms with E-state index in [9.17, 15) is 9.50 Å². The Balaban J connectivity index is 3.15. The van der Waals surface area contributed by atoms with Gasteiger partial charge in [0.25, 0.3) is 0 Å². The molecule has 84 valence electrons. The van der Waals surface area contributed by atoms with Crippen LogP contribution in [0.5, 0.6) is 11.5 Å². The molecule has 1 rings (SSSR count). The molecule has 0 aliphatic heterocycles. The number of methoxy groups -OCH3 is 1. The summed E-state index contributed by atoms with van der Waals surface area (Å²) in [4.78, 5) is 4.62. The van der Waals surface area contributed by atoms with E-state index < -0.39 is 5.82 Å². The monoisotopic (exact) mass is 279 g/mol. The van der Waals surface area contributed by atoms with Gasteiger partial charge in [-0.15, -0.1) is 0 Å². The van der Waals surface area contributed by atoms with Gasteiger partial charge in [-0.3, -0.25) is 0 Å². The van der Waals surface area contributed by atoms with Crippen LogP contribution in [0.2, 0.25) is 0 Å². The third-order valence-corrected chi connectivity index (χ3v) is 2.72. The molecule has 0 aliphatic rings. The summed E-state index contributed by atoms with van der Waals surface area (Å²) in [5.74, 6) is -0.531. The fourth-order valence-electron chi connectivity index (χ4n) is 1.10. The Morgan fingerprint density at radius 3 is 2.73 bits per heavy atom. The number of aromatic hydroxyl groups is 1. The van der Waals surface area contributed by atoms with Crippen LogP contribution in [0, 0.1) is 5.82 Å². The van der Waals surface area contributed by atoms with E-state index in [-0.39, 0.29) is 22.5 Å². The van der Waals surface area contributed by atoms with E-state index in [1.165, 1.54) is 14.2 Å². The maximum Gasteiger partial charge on any atom is 0.163 e. The number of rotatable bonds is 4. The van der Waals surface area contributed by atoms with Crippen molar-refractivity contribution in [2.24, 2.45) is 0 Å². The maximum absolute atomic E-state index is 13.3. The van der Waals surface area contributed by atoms with Crippen molar-refractivity contribution < 1.29 is 19.1 Å². The third-order valence-electron chi connectivity index (χ3n) is 1.86. The smallest absolute Gasteiger partial charge is 0.163 e. The van der Waals surface area contributed by atoms with Crippen LogP contribution in [0.4, 0.5) is 4.39 Å². The minimum Gasteiger partial charge on any atom is -0.504 e. The average Bonchev–Trinajstić information content (AvgIpc) is 2.23. The molecule has 0 amide bonds. The highest BCUT2D eigenvalue weighted by Crippen LogP contribution is 2.36. The number of hydrogen-bond acceptors (Lipinski definition) is 4. The van der Waals surface area contributed by atoms with Gasteiger partial charge in [0, 0.05) is 11.6 Å². The van der Waals surface area contributed by atoms with Crippen LogP contribution in [0.3, 0.4) is 0 Å². The molecule has 0 aromatic heterocycles. The van der Waals surface area contributed by atoms with E-state index in [1.54, 1.807) is 0 Å². The van der Waals surface area contributed by atoms with Gasteiger partial charge >= 0.3 is 0 Å². The van der Waals surface area contributed by atoms with E-state index in [0.29, 0.717) is 5.56 Å². The van der Waals surface area contributed by atoms with Crippen LogP contribution < -0.4 is 10.2 Å². The van der Waals surface area contributed by atoms with Gasteiger partial charge in [-0.1, -0.05) is 0 Å². The number of halogens is 2. The molecular formula is C9H11BrFNO3. The number of phenolic OH excluding ortho intramolecular Hbond substituents is 1. The lowest BCUT2D eigenvalue weighted by Gasteiger charge is -2.11. The second-order valence-corrected chi connectivity index (χ2v) is 3.52. The molecule has 4 nitrogen and oxygen atoms in total. The fourth-order valence-corrected chi connectivity index (χ4v) is 1.55. The fraction of sp³-hybridized carbons (Fsp3) is 0.333. The SMILES string of the molecule is CONCc1c(O)c(OC)cc(F)c1Br. The van der Waals surface area contributed by atoms with Crippen LogP contribution in [0.1, 0.15) is 5.56 Å². The zero-order valence-electron chi connectivity index (χ0n) is 8.30.